The molecule has 3 rings (SSSR count). The number of methoxy groups -OCH3 is 1. The van der Waals surface area contributed by atoms with Gasteiger partial charge in [0, 0.05) is 12.6 Å². The number of hydrogen-bond acceptors (Lipinski definition) is 3. The predicted molar refractivity (Wildman–Crippen MR) is 111 cm³/mol. The SMILES string of the molecule is C.COc1ccccc1CCC1CCCCN1S(=O)(=O)c1ccc(C)cc1. The number of rotatable bonds is 6. The fourth-order valence-electron chi connectivity index (χ4n) is 3.66. The molecule has 1 atom stereocenters. The van der Waals surface area contributed by atoms with Crippen LogP contribution in [0.5, 0.6) is 5.75 Å². The normalized spacial score (nSPS) is 17.9. The van der Waals surface area contributed by atoms with E-state index in [1.54, 1.807) is 23.5 Å². The molecule has 148 valence electrons. The second-order valence-corrected chi connectivity index (χ2v) is 8.82. The maximum Gasteiger partial charge on any atom is 0.243 e. The van der Waals surface area contributed by atoms with Gasteiger partial charge in [-0.1, -0.05) is 49.7 Å². The number of sulfonamides is 1. The van der Waals surface area contributed by atoms with Crippen LogP contribution in [-0.4, -0.2) is 32.4 Å². The van der Waals surface area contributed by atoms with E-state index >= 15 is 0 Å². The Morgan fingerprint density at radius 3 is 2.48 bits per heavy atom. The molecule has 1 unspecified atom stereocenters. The molecule has 5 heteroatoms. The average molecular weight is 390 g/mol. The Morgan fingerprint density at radius 2 is 1.78 bits per heavy atom. The predicted octanol–water partition coefficient (Wildman–Crippen LogP) is 4.82. The van der Waals surface area contributed by atoms with Crippen molar-refractivity contribution < 1.29 is 13.2 Å². The monoisotopic (exact) mass is 389 g/mol. The Balaban J connectivity index is 0.00000261. The minimum Gasteiger partial charge on any atom is -0.496 e. The fraction of sp³-hybridized carbons (Fsp3) is 0.455. The van der Waals surface area contributed by atoms with E-state index in [1.807, 2.05) is 37.3 Å². The summed E-state index contributed by atoms with van der Waals surface area (Å²) in [5.41, 5.74) is 2.20. The zero-order chi connectivity index (χ0) is 18.6. The van der Waals surface area contributed by atoms with Gasteiger partial charge < -0.3 is 4.74 Å². The lowest BCUT2D eigenvalue weighted by Gasteiger charge is -2.35. The molecule has 27 heavy (non-hydrogen) atoms. The van der Waals surface area contributed by atoms with Crippen molar-refractivity contribution >= 4 is 10.0 Å². The molecule has 0 saturated carbocycles. The van der Waals surface area contributed by atoms with Gasteiger partial charge in [0.15, 0.2) is 0 Å². The highest BCUT2D eigenvalue weighted by Gasteiger charge is 2.33. The number of nitrogens with zero attached hydrogens (tertiary/aromatic N) is 1. The molecule has 0 amide bonds. The second kappa shape index (κ2) is 9.38. The molecule has 4 nitrogen and oxygen atoms in total. The average Bonchev–Trinajstić information content (AvgIpc) is 2.67. The van der Waals surface area contributed by atoms with Crippen LogP contribution in [0.4, 0.5) is 0 Å². The number of para-hydroxylation sites is 1. The molecule has 0 radical (unpaired) electrons. The molecule has 0 N–H and O–H groups in total. The van der Waals surface area contributed by atoms with Gasteiger partial charge in [-0.15, -0.1) is 0 Å². The van der Waals surface area contributed by atoms with Crippen molar-refractivity contribution in [2.75, 3.05) is 13.7 Å². The van der Waals surface area contributed by atoms with Crippen LogP contribution in [0.2, 0.25) is 0 Å². The second-order valence-electron chi connectivity index (χ2n) is 6.93. The highest BCUT2D eigenvalue weighted by atomic mass is 32.2. The summed E-state index contributed by atoms with van der Waals surface area (Å²) in [4.78, 5) is 0.396. The Kier molecular flexibility index (Phi) is 7.45. The molecule has 1 fully saturated rings. The van der Waals surface area contributed by atoms with E-state index in [2.05, 4.69) is 6.07 Å². The van der Waals surface area contributed by atoms with Gasteiger partial charge >= 0.3 is 0 Å². The summed E-state index contributed by atoms with van der Waals surface area (Å²) in [7, 11) is -1.77. The van der Waals surface area contributed by atoms with Crippen molar-refractivity contribution in [2.24, 2.45) is 0 Å². The summed E-state index contributed by atoms with van der Waals surface area (Å²) in [6.07, 6.45) is 4.55. The van der Waals surface area contributed by atoms with Crippen LogP contribution < -0.4 is 4.74 Å². The van der Waals surface area contributed by atoms with E-state index in [0.717, 1.165) is 49.0 Å². The first-order chi connectivity index (χ1) is 12.5. The number of aryl methyl sites for hydroxylation is 2. The number of hydrogen-bond donors (Lipinski definition) is 0. The Morgan fingerprint density at radius 1 is 1.07 bits per heavy atom. The highest BCUT2D eigenvalue weighted by Crippen LogP contribution is 2.29. The molecule has 1 aliphatic rings. The first-order valence-corrected chi connectivity index (χ1v) is 10.7. The third-order valence-corrected chi connectivity index (χ3v) is 7.11. The van der Waals surface area contributed by atoms with Gasteiger partial charge in [-0.2, -0.15) is 4.31 Å². The Labute approximate surface area is 164 Å². The van der Waals surface area contributed by atoms with Crippen molar-refractivity contribution in [3.05, 3.63) is 59.7 Å². The first kappa shape index (κ1) is 21.5. The summed E-state index contributed by atoms with van der Waals surface area (Å²) < 4.78 is 33.4. The number of piperidine rings is 1. The van der Waals surface area contributed by atoms with Crippen molar-refractivity contribution in [3.63, 3.8) is 0 Å². The van der Waals surface area contributed by atoms with Gasteiger partial charge in [0.25, 0.3) is 0 Å². The van der Waals surface area contributed by atoms with Crippen LogP contribution in [0.25, 0.3) is 0 Å². The minimum absolute atomic E-state index is 0. The topological polar surface area (TPSA) is 46.6 Å². The van der Waals surface area contributed by atoms with Crippen molar-refractivity contribution in [2.45, 2.75) is 57.4 Å². The third-order valence-electron chi connectivity index (χ3n) is 5.14. The van der Waals surface area contributed by atoms with Gasteiger partial charge in [0.2, 0.25) is 10.0 Å². The molecule has 1 heterocycles. The third kappa shape index (κ3) is 4.90. The molecule has 2 aromatic rings. The Bertz CT molecular complexity index is 831. The number of benzene rings is 2. The number of ether oxygens (including phenoxy) is 1. The molecule has 0 aromatic heterocycles. The van der Waals surface area contributed by atoms with Gasteiger partial charge in [-0.3, -0.25) is 0 Å². The lowest BCUT2D eigenvalue weighted by Crippen LogP contribution is -2.43. The van der Waals surface area contributed by atoms with Crippen LogP contribution >= 0.6 is 0 Å². The lowest BCUT2D eigenvalue weighted by atomic mass is 9.97. The molecule has 1 aliphatic heterocycles. The van der Waals surface area contributed by atoms with Gasteiger partial charge in [0.05, 0.1) is 12.0 Å². The van der Waals surface area contributed by atoms with Crippen LogP contribution in [0, 0.1) is 6.92 Å². The maximum atomic E-state index is 13.1. The van der Waals surface area contributed by atoms with Crippen LogP contribution in [-0.2, 0) is 16.4 Å². The van der Waals surface area contributed by atoms with Crippen LogP contribution in [0.3, 0.4) is 0 Å². The van der Waals surface area contributed by atoms with Crippen molar-refractivity contribution in [3.8, 4) is 5.75 Å². The summed E-state index contributed by atoms with van der Waals surface area (Å²) in [6.45, 7) is 2.57. The summed E-state index contributed by atoms with van der Waals surface area (Å²) in [5, 5.41) is 0. The van der Waals surface area contributed by atoms with Crippen molar-refractivity contribution in [1.29, 1.82) is 0 Å². The van der Waals surface area contributed by atoms with Crippen molar-refractivity contribution in [1.82, 2.24) is 4.31 Å². The van der Waals surface area contributed by atoms with Crippen LogP contribution in [0.1, 0.15) is 44.2 Å². The van der Waals surface area contributed by atoms with E-state index < -0.39 is 10.0 Å². The van der Waals surface area contributed by atoms with E-state index in [4.69, 9.17) is 4.74 Å². The first-order valence-electron chi connectivity index (χ1n) is 9.23. The smallest absolute Gasteiger partial charge is 0.243 e. The van der Waals surface area contributed by atoms with Gasteiger partial charge in [0.1, 0.15) is 5.75 Å². The summed E-state index contributed by atoms with van der Waals surface area (Å²) in [6, 6.07) is 15.2. The van der Waals surface area contributed by atoms with Crippen LogP contribution in [0.15, 0.2) is 53.4 Å². The summed E-state index contributed by atoms with van der Waals surface area (Å²) >= 11 is 0. The molecule has 0 bridgehead atoms. The Hall–Kier alpha value is -1.85. The van der Waals surface area contributed by atoms with E-state index in [9.17, 15) is 8.42 Å². The van der Waals surface area contributed by atoms with Gasteiger partial charge in [-0.05, 0) is 56.4 Å². The zero-order valence-corrected chi connectivity index (χ0v) is 16.3. The molecular weight excluding hydrogens is 358 g/mol. The standard InChI is InChI=1S/C21H27NO3S.CH4/c1-17-10-14-20(15-11-17)26(23,24)22-16-6-5-8-19(22)13-12-18-7-3-4-9-21(18)25-2;/h3-4,7,9-11,14-15,19H,5-6,8,12-13,16H2,1-2H3;1H4. The molecule has 1 saturated heterocycles. The maximum absolute atomic E-state index is 13.1. The quantitative estimate of drug-likeness (QED) is 0.712. The lowest BCUT2D eigenvalue weighted by molar-refractivity contribution is 0.240. The molecular formula is C22H31NO3S. The molecule has 0 spiro atoms. The molecule has 2 aromatic carbocycles. The minimum atomic E-state index is -3.45. The van der Waals surface area contributed by atoms with E-state index in [0.29, 0.717) is 11.4 Å². The molecule has 0 aliphatic carbocycles. The highest BCUT2D eigenvalue weighted by molar-refractivity contribution is 7.89. The summed E-state index contributed by atoms with van der Waals surface area (Å²) in [5.74, 6) is 0.872. The zero-order valence-electron chi connectivity index (χ0n) is 15.5. The van der Waals surface area contributed by atoms with E-state index in [1.165, 1.54) is 0 Å². The van der Waals surface area contributed by atoms with Gasteiger partial charge in [-0.25, -0.2) is 8.42 Å². The largest absolute Gasteiger partial charge is 0.496 e. The van der Waals surface area contributed by atoms with E-state index in [-0.39, 0.29) is 13.5 Å². The fourth-order valence-corrected chi connectivity index (χ4v) is 5.38.